The molecule has 0 atom stereocenters. The summed E-state index contributed by atoms with van der Waals surface area (Å²) in [4.78, 5) is 17.7. The lowest BCUT2D eigenvalue weighted by atomic mass is 10.2. The highest BCUT2D eigenvalue weighted by molar-refractivity contribution is 6.30. The third-order valence-electron chi connectivity index (χ3n) is 3.08. The monoisotopic (exact) mass is 307 g/mol. The number of halogens is 1. The van der Waals surface area contributed by atoms with Crippen molar-refractivity contribution >= 4 is 17.5 Å². The van der Waals surface area contributed by atoms with Crippen molar-refractivity contribution in [3.05, 3.63) is 40.7 Å². The molecule has 0 aliphatic heterocycles. The maximum Gasteiger partial charge on any atom is 0.233 e. The van der Waals surface area contributed by atoms with Gasteiger partial charge >= 0.3 is 0 Å². The lowest BCUT2D eigenvalue weighted by molar-refractivity contribution is -0.121. The normalized spacial score (nSPS) is 10.9. The number of nitrogens with one attached hydrogen (secondary N) is 1. The van der Waals surface area contributed by atoms with Crippen molar-refractivity contribution in [3.63, 3.8) is 0 Å². The van der Waals surface area contributed by atoms with E-state index in [2.05, 4.69) is 10.3 Å². The van der Waals surface area contributed by atoms with Gasteiger partial charge in [-0.05, 0) is 32.2 Å². The Labute approximate surface area is 128 Å². The topological polar surface area (TPSA) is 58.4 Å². The molecule has 1 aromatic heterocycles. The van der Waals surface area contributed by atoms with E-state index in [0.29, 0.717) is 24.0 Å². The molecule has 1 amide bonds. The Kier molecular flexibility index (Phi) is 4.98. The molecule has 2 aromatic rings. The average molecular weight is 308 g/mol. The van der Waals surface area contributed by atoms with Gasteiger partial charge in [0.2, 0.25) is 11.8 Å². The van der Waals surface area contributed by atoms with Crippen LogP contribution in [0.2, 0.25) is 5.02 Å². The summed E-state index contributed by atoms with van der Waals surface area (Å²) >= 11 is 5.98. The molecular formula is C15H18ClN3O2. The number of hydrogen-bond donors (Lipinski definition) is 1. The van der Waals surface area contributed by atoms with Crippen LogP contribution in [-0.4, -0.2) is 36.4 Å². The fourth-order valence-electron chi connectivity index (χ4n) is 1.96. The molecule has 0 spiro atoms. The number of benzene rings is 1. The van der Waals surface area contributed by atoms with Gasteiger partial charge in [0.05, 0.1) is 12.2 Å². The molecule has 1 N–H and O–H groups in total. The summed E-state index contributed by atoms with van der Waals surface area (Å²) in [6.45, 7) is 2.72. The van der Waals surface area contributed by atoms with E-state index in [1.54, 1.807) is 13.1 Å². The Morgan fingerprint density at radius 2 is 2.24 bits per heavy atom. The van der Waals surface area contributed by atoms with Crippen molar-refractivity contribution in [2.75, 3.05) is 20.6 Å². The highest BCUT2D eigenvalue weighted by atomic mass is 35.5. The molecule has 112 valence electrons. The minimum Gasteiger partial charge on any atom is -0.441 e. The number of carbonyl (C=O) groups is 1. The summed E-state index contributed by atoms with van der Waals surface area (Å²) in [7, 11) is 3.48. The molecule has 0 radical (unpaired) electrons. The van der Waals surface area contributed by atoms with Gasteiger partial charge in [-0.3, -0.25) is 9.69 Å². The van der Waals surface area contributed by atoms with E-state index in [9.17, 15) is 4.79 Å². The minimum atomic E-state index is -0.0336. The molecule has 0 aliphatic rings. The van der Waals surface area contributed by atoms with E-state index in [1.165, 1.54) is 0 Å². The first kappa shape index (κ1) is 15.5. The van der Waals surface area contributed by atoms with Crippen molar-refractivity contribution in [1.29, 1.82) is 0 Å². The molecule has 0 saturated heterocycles. The number of hydrogen-bond acceptors (Lipinski definition) is 4. The maximum atomic E-state index is 11.4. The number of aryl methyl sites for hydroxylation is 1. The minimum absolute atomic E-state index is 0.0336. The zero-order chi connectivity index (χ0) is 15.4. The number of amides is 1. The van der Waals surface area contributed by atoms with E-state index in [4.69, 9.17) is 16.0 Å². The lowest BCUT2D eigenvalue weighted by Gasteiger charge is -2.13. The average Bonchev–Trinajstić information content (AvgIpc) is 2.80. The molecular weight excluding hydrogens is 290 g/mol. The fourth-order valence-corrected chi connectivity index (χ4v) is 2.15. The lowest BCUT2D eigenvalue weighted by Crippen LogP contribution is -2.32. The SMILES string of the molecule is CNC(=O)CN(C)Cc1nc(-c2cccc(Cl)c2)oc1C. The van der Waals surface area contributed by atoms with Gasteiger partial charge in [-0.1, -0.05) is 17.7 Å². The third-order valence-corrected chi connectivity index (χ3v) is 3.31. The van der Waals surface area contributed by atoms with E-state index < -0.39 is 0 Å². The Morgan fingerprint density at radius 1 is 1.48 bits per heavy atom. The number of aromatic nitrogens is 1. The van der Waals surface area contributed by atoms with Crippen LogP contribution in [0, 0.1) is 6.92 Å². The third kappa shape index (κ3) is 4.06. The van der Waals surface area contributed by atoms with Crippen LogP contribution in [0.25, 0.3) is 11.5 Å². The van der Waals surface area contributed by atoms with E-state index >= 15 is 0 Å². The van der Waals surface area contributed by atoms with Crippen LogP contribution >= 0.6 is 11.6 Å². The first-order valence-corrected chi connectivity index (χ1v) is 6.98. The van der Waals surface area contributed by atoms with Gasteiger partial charge in [0, 0.05) is 24.2 Å². The second-order valence-electron chi connectivity index (χ2n) is 4.88. The highest BCUT2D eigenvalue weighted by Gasteiger charge is 2.14. The summed E-state index contributed by atoms with van der Waals surface area (Å²) in [5.41, 5.74) is 1.65. The smallest absolute Gasteiger partial charge is 0.233 e. The molecule has 1 heterocycles. The van der Waals surface area contributed by atoms with Crippen LogP contribution in [0.4, 0.5) is 0 Å². The van der Waals surface area contributed by atoms with Gasteiger partial charge in [0.15, 0.2) is 0 Å². The van der Waals surface area contributed by atoms with Crippen molar-refractivity contribution in [3.8, 4) is 11.5 Å². The van der Waals surface area contributed by atoms with Crippen LogP contribution in [0.15, 0.2) is 28.7 Å². The van der Waals surface area contributed by atoms with Crippen molar-refractivity contribution in [2.45, 2.75) is 13.5 Å². The van der Waals surface area contributed by atoms with Crippen LogP contribution < -0.4 is 5.32 Å². The number of carbonyl (C=O) groups excluding carboxylic acids is 1. The van der Waals surface area contributed by atoms with Crippen molar-refractivity contribution in [1.82, 2.24) is 15.2 Å². The molecule has 2 rings (SSSR count). The second-order valence-corrected chi connectivity index (χ2v) is 5.31. The first-order chi connectivity index (χ1) is 9.99. The summed E-state index contributed by atoms with van der Waals surface area (Å²) < 4.78 is 5.69. The zero-order valence-electron chi connectivity index (χ0n) is 12.3. The van der Waals surface area contributed by atoms with Gasteiger partial charge in [-0.15, -0.1) is 0 Å². The Hall–Kier alpha value is -1.85. The molecule has 21 heavy (non-hydrogen) atoms. The number of nitrogens with zero attached hydrogens (tertiary/aromatic N) is 2. The number of oxazole rings is 1. The zero-order valence-corrected chi connectivity index (χ0v) is 13.1. The van der Waals surface area contributed by atoms with Crippen molar-refractivity contribution in [2.24, 2.45) is 0 Å². The Morgan fingerprint density at radius 3 is 2.90 bits per heavy atom. The molecule has 0 bridgehead atoms. The summed E-state index contributed by atoms with van der Waals surface area (Å²) in [6, 6.07) is 7.37. The van der Waals surface area contributed by atoms with E-state index in [-0.39, 0.29) is 5.91 Å². The highest BCUT2D eigenvalue weighted by Crippen LogP contribution is 2.24. The van der Waals surface area contributed by atoms with E-state index in [1.807, 2.05) is 37.1 Å². The molecule has 6 heteroatoms. The predicted octanol–water partition coefficient (Wildman–Crippen LogP) is 2.48. The first-order valence-electron chi connectivity index (χ1n) is 6.61. The van der Waals surface area contributed by atoms with Crippen LogP contribution in [0.5, 0.6) is 0 Å². The molecule has 0 saturated carbocycles. The molecule has 0 fully saturated rings. The largest absolute Gasteiger partial charge is 0.441 e. The number of rotatable bonds is 5. The molecule has 0 aliphatic carbocycles. The quantitative estimate of drug-likeness (QED) is 0.922. The predicted molar refractivity (Wildman–Crippen MR) is 82.1 cm³/mol. The summed E-state index contributed by atoms with van der Waals surface area (Å²) in [5, 5.41) is 3.23. The maximum absolute atomic E-state index is 11.4. The molecule has 5 nitrogen and oxygen atoms in total. The van der Waals surface area contributed by atoms with Gasteiger partial charge in [-0.2, -0.15) is 0 Å². The number of likely N-dealkylation sites (N-methyl/N-ethyl adjacent to an activating group) is 2. The molecule has 0 unspecified atom stereocenters. The summed E-state index contributed by atoms with van der Waals surface area (Å²) in [5.74, 6) is 1.25. The Balaban J connectivity index is 2.14. The van der Waals surface area contributed by atoms with Gasteiger partial charge in [0.1, 0.15) is 5.76 Å². The van der Waals surface area contributed by atoms with Gasteiger partial charge in [0.25, 0.3) is 0 Å². The van der Waals surface area contributed by atoms with Crippen LogP contribution in [-0.2, 0) is 11.3 Å². The van der Waals surface area contributed by atoms with Gasteiger partial charge < -0.3 is 9.73 Å². The Bertz CT molecular complexity index is 640. The summed E-state index contributed by atoms with van der Waals surface area (Å²) in [6.07, 6.45) is 0. The molecule has 1 aromatic carbocycles. The standard InChI is InChI=1S/C15H18ClN3O2/c1-10-13(8-19(3)9-14(20)17-2)18-15(21-10)11-5-4-6-12(16)7-11/h4-7H,8-9H2,1-3H3,(H,17,20). The second kappa shape index (κ2) is 6.74. The van der Waals surface area contributed by atoms with Crippen molar-refractivity contribution < 1.29 is 9.21 Å². The van der Waals surface area contributed by atoms with E-state index in [0.717, 1.165) is 17.0 Å². The van der Waals surface area contributed by atoms with Crippen LogP contribution in [0.1, 0.15) is 11.5 Å². The fraction of sp³-hybridized carbons (Fsp3) is 0.333. The van der Waals surface area contributed by atoms with Crippen LogP contribution in [0.3, 0.4) is 0 Å². The van der Waals surface area contributed by atoms with Gasteiger partial charge in [-0.25, -0.2) is 4.98 Å².